The van der Waals surface area contributed by atoms with E-state index in [1.54, 1.807) is 6.07 Å². The summed E-state index contributed by atoms with van der Waals surface area (Å²) < 4.78 is 1.39. The van der Waals surface area contributed by atoms with E-state index in [1.807, 2.05) is 35.2 Å². The summed E-state index contributed by atoms with van der Waals surface area (Å²) in [4.78, 5) is 29.1. The molecule has 3 aromatic rings. The number of anilines is 1. The van der Waals surface area contributed by atoms with Crippen LogP contribution >= 0.6 is 0 Å². The lowest BCUT2D eigenvalue weighted by Gasteiger charge is -2.36. The third kappa shape index (κ3) is 4.59. The summed E-state index contributed by atoms with van der Waals surface area (Å²) in [6.45, 7) is 5.40. The van der Waals surface area contributed by atoms with Gasteiger partial charge in [0.05, 0.1) is 12.2 Å². The summed E-state index contributed by atoms with van der Waals surface area (Å²) in [5, 5.41) is 4.44. The van der Waals surface area contributed by atoms with Crippen LogP contribution in [0.15, 0.2) is 71.5 Å². The highest BCUT2D eigenvalue weighted by atomic mass is 16.2. The van der Waals surface area contributed by atoms with Crippen LogP contribution in [0.25, 0.3) is 11.3 Å². The number of aryl methyl sites for hydroxylation is 2. The van der Waals surface area contributed by atoms with Crippen LogP contribution < -0.4 is 10.5 Å². The smallest absolute Gasteiger partial charge is 0.266 e. The van der Waals surface area contributed by atoms with E-state index >= 15 is 0 Å². The minimum Gasteiger partial charge on any atom is -0.368 e. The summed E-state index contributed by atoms with van der Waals surface area (Å²) in [7, 11) is 0. The third-order valence-electron chi connectivity index (χ3n) is 5.47. The van der Waals surface area contributed by atoms with E-state index in [4.69, 9.17) is 0 Å². The molecule has 0 aliphatic carbocycles. The highest BCUT2D eigenvalue weighted by Gasteiger charge is 2.21. The van der Waals surface area contributed by atoms with Crippen LogP contribution in [0, 0.1) is 6.92 Å². The number of benzene rings is 2. The van der Waals surface area contributed by atoms with Crippen molar-refractivity contribution in [1.29, 1.82) is 0 Å². The topological polar surface area (TPSA) is 58.4 Å². The standard InChI is InChI=1S/C24H26N4O2/c1-19-6-5-9-21(18-19)26-14-16-27(17-15-26)23(29)12-13-28-24(30)11-10-22(25-28)20-7-3-2-4-8-20/h2-11,18H,12-17H2,1H3. The normalized spacial score (nSPS) is 14.0. The molecular weight excluding hydrogens is 376 g/mol. The lowest BCUT2D eigenvalue weighted by molar-refractivity contribution is -0.131. The fraction of sp³-hybridized carbons (Fsp3) is 0.292. The van der Waals surface area contributed by atoms with Crippen molar-refractivity contribution in [2.75, 3.05) is 31.1 Å². The van der Waals surface area contributed by atoms with Crippen molar-refractivity contribution in [3.05, 3.63) is 82.6 Å². The Morgan fingerprint density at radius 3 is 2.43 bits per heavy atom. The van der Waals surface area contributed by atoms with Crippen LogP contribution in [0.1, 0.15) is 12.0 Å². The lowest BCUT2D eigenvalue weighted by Crippen LogP contribution is -2.49. The Hall–Kier alpha value is -3.41. The average molecular weight is 402 g/mol. The van der Waals surface area contributed by atoms with Gasteiger partial charge in [-0.25, -0.2) is 4.68 Å². The van der Waals surface area contributed by atoms with Gasteiger partial charge in [-0.3, -0.25) is 9.59 Å². The number of rotatable bonds is 5. The van der Waals surface area contributed by atoms with Gasteiger partial charge < -0.3 is 9.80 Å². The zero-order chi connectivity index (χ0) is 20.9. The molecule has 0 saturated carbocycles. The molecule has 6 heteroatoms. The lowest BCUT2D eigenvalue weighted by atomic mass is 10.1. The van der Waals surface area contributed by atoms with E-state index in [9.17, 15) is 9.59 Å². The number of carbonyl (C=O) groups excluding carboxylic acids is 1. The minimum atomic E-state index is -0.188. The molecule has 2 heterocycles. The van der Waals surface area contributed by atoms with Gasteiger partial charge >= 0.3 is 0 Å². The van der Waals surface area contributed by atoms with Crippen molar-refractivity contribution < 1.29 is 4.79 Å². The van der Waals surface area contributed by atoms with Gasteiger partial charge in [0, 0.05) is 49.9 Å². The van der Waals surface area contributed by atoms with E-state index in [0.29, 0.717) is 13.1 Å². The summed E-state index contributed by atoms with van der Waals surface area (Å²) in [5.41, 5.74) is 3.93. The molecule has 4 rings (SSSR count). The monoisotopic (exact) mass is 402 g/mol. The first-order chi connectivity index (χ1) is 14.6. The summed E-state index contributed by atoms with van der Waals surface area (Å²) >= 11 is 0. The molecule has 0 atom stereocenters. The maximum absolute atomic E-state index is 12.7. The van der Waals surface area contributed by atoms with Crippen molar-refractivity contribution in [3.8, 4) is 11.3 Å². The Bertz CT molecular complexity index is 1070. The van der Waals surface area contributed by atoms with Crippen LogP contribution in [-0.2, 0) is 11.3 Å². The van der Waals surface area contributed by atoms with E-state index in [-0.39, 0.29) is 24.4 Å². The second-order valence-corrected chi connectivity index (χ2v) is 7.60. The van der Waals surface area contributed by atoms with Gasteiger partial charge in [0.1, 0.15) is 0 Å². The average Bonchev–Trinajstić information content (AvgIpc) is 2.79. The van der Waals surface area contributed by atoms with Gasteiger partial charge in [-0.1, -0.05) is 42.5 Å². The van der Waals surface area contributed by atoms with Crippen LogP contribution in [0.2, 0.25) is 0 Å². The molecule has 0 N–H and O–H groups in total. The van der Waals surface area contributed by atoms with Gasteiger partial charge in [0.2, 0.25) is 5.91 Å². The molecule has 1 aliphatic rings. The highest BCUT2D eigenvalue weighted by molar-refractivity contribution is 5.76. The molecule has 2 aromatic carbocycles. The molecule has 30 heavy (non-hydrogen) atoms. The van der Waals surface area contributed by atoms with Crippen molar-refractivity contribution in [3.63, 3.8) is 0 Å². The predicted molar refractivity (Wildman–Crippen MR) is 119 cm³/mol. The molecule has 1 aliphatic heterocycles. The zero-order valence-corrected chi connectivity index (χ0v) is 17.2. The molecular formula is C24H26N4O2. The maximum atomic E-state index is 12.7. The Morgan fingerprint density at radius 2 is 1.70 bits per heavy atom. The first kappa shape index (κ1) is 19.9. The minimum absolute atomic E-state index is 0.0673. The van der Waals surface area contributed by atoms with E-state index in [1.165, 1.54) is 22.0 Å². The van der Waals surface area contributed by atoms with Gasteiger partial charge in [0.15, 0.2) is 0 Å². The molecule has 0 radical (unpaired) electrons. The fourth-order valence-corrected chi connectivity index (χ4v) is 3.77. The maximum Gasteiger partial charge on any atom is 0.266 e. The molecule has 1 aromatic heterocycles. The molecule has 6 nitrogen and oxygen atoms in total. The molecule has 1 amide bonds. The Morgan fingerprint density at radius 1 is 0.933 bits per heavy atom. The largest absolute Gasteiger partial charge is 0.368 e. The molecule has 0 spiro atoms. The van der Waals surface area contributed by atoms with Gasteiger partial charge in [0.25, 0.3) is 5.56 Å². The number of hydrogen-bond acceptors (Lipinski definition) is 4. The number of hydrogen-bond donors (Lipinski definition) is 0. The van der Waals surface area contributed by atoms with Crippen molar-refractivity contribution in [1.82, 2.24) is 14.7 Å². The molecule has 0 unspecified atom stereocenters. The first-order valence-corrected chi connectivity index (χ1v) is 10.3. The molecule has 1 saturated heterocycles. The summed E-state index contributed by atoms with van der Waals surface area (Å²) in [6, 6.07) is 21.4. The second-order valence-electron chi connectivity index (χ2n) is 7.60. The van der Waals surface area contributed by atoms with Gasteiger partial charge in [-0.2, -0.15) is 5.10 Å². The predicted octanol–water partition coefficient (Wildman–Crippen LogP) is 2.96. The van der Waals surface area contributed by atoms with Crippen LogP contribution in [0.5, 0.6) is 0 Å². The second kappa shape index (κ2) is 8.95. The Labute approximate surface area is 176 Å². The van der Waals surface area contributed by atoms with Crippen LogP contribution in [0.4, 0.5) is 5.69 Å². The third-order valence-corrected chi connectivity index (χ3v) is 5.47. The molecule has 1 fully saturated rings. The number of piperazine rings is 1. The van der Waals surface area contributed by atoms with E-state index in [0.717, 1.165) is 24.3 Å². The van der Waals surface area contributed by atoms with Crippen LogP contribution in [0.3, 0.4) is 0 Å². The van der Waals surface area contributed by atoms with E-state index < -0.39 is 0 Å². The highest BCUT2D eigenvalue weighted by Crippen LogP contribution is 2.18. The number of aromatic nitrogens is 2. The Kier molecular flexibility index (Phi) is 5.93. The quantitative estimate of drug-likeness (QED) is 0.658. The van der Waals surface area contributed by atoms with Crippen LogP contribution in [-0.4, -0.2) is 46.8 Å². The Balaban J connectivity index is 1.35. The van der Waals surface area contributed by atoms with Gasteiger partial charge in [-0.15, -0.1) is 0 Å². The molecule has 154 valence electrons. The van der Waals surface area contributed by atoms with Crippen molar-refractivity contribution in [2.24, 2.45) is 0 Å². The van der Waals surface area contributed by atoms with Crippen molar-refractivity contribution in [2.45, 2.75) is 19.9 Å². The number of amides is 1. The fourth-order valence-electron chi connectivity index (χ4n) is 3.77. The zero-order valence-electron chi connectivity index (χ0n) is 17.2. The number of carbonyl (C=O) groups is 1. The number of nitrogens with zero attached hydrogens (tertiary/aromatic N) is 4. The molecule has 0 bridgehead atoms. The van der Waals surface area contributed by atoms with E-state index in [2.05, 4.69) is 41.2 Å². The first-order valence-electron chi connectivity index (χ1n) is 10.3. The van der Waals surface area contributed by atoms with Gasteiger partial charge in [-0.05, 0) is 30.7 Å². The SMILES string of the molecule is Cc1cccc(N2CCN(C(=O)CCn3nc(-c4ccccc4)ccc3=O)CC2)c1. The summed E-state index contributed by atoms with van der Waals surface area (Å²) in [5.74, 6) is 0.0673. The summed E-state index contributed by atoms with van der Waals surface area (Å²) in [6.07, 6.45) is 0.273. The van der Waals surface area contributed by atoms with Crippen molar-refractivity contribution >= 4 is 11.6 Å².